The SMILES string of the molecule is Cc1cn2cc(-c3ncc4cc(Cl)ccc4n3)cc(Cl)c2n1. The molecular formula is C16H10Cl2N4. The molecule has 0 unspecified atom stereocenters. The van der Waals surface area contributed by atoms with E-state index in [1.165, 1.54) is 0 Å². The summed E-state index contributed by atoms with van der Waals surface area (Å²) in [4.78, 5) is 13.4. The monoisotopic (exact) mass is 328 g/mol. The molecule has 0 spiro atoms. The summed E-state index contributed by atoms with van der Waals surface area (Å²) in [7, 11) is 0. The molecule has 0 saturated heterocycles. The fourth-order valence-corrected chi connectivity index (χ4v) is 2.88. The number of hydrogen-bond donors (Lipinski definition) is 0. The van der Waals surface area contributed by atoms with Crippen LogP contribution < -0.4 is 0 Å². The molecular weight excluding hydrogens is 319 g/mol. The molecule has 0 atom stereocenters. The Kier molecular flexibility index (Phi) is 3.03. The van der Waals surface area contributed by atoms with E-state index < -0.39 is 0 Å². The molecule has 3 aromatic heterocycles. The van der Waals surface area contributed by atoms with Crippen molar-refractivity contribution >= 4 is 39.8 Å². The van der Waals surface area contributed by atoms with Crippen molar-refractivity contribution in [3.63, 3.8) is 0 Å². The molecule has 0 bridgehead atoms. The highest BCUT2D eigenvalue weighted by Crippen LogP contribution is 2.25. The van der Waals surface area contributed by atoms with Crippen LogP contribution in [-0.4, -0.2) is 19.4 Å². The van der Waals surface area contributed by atoms with Gasteiger partial charge in [-0.1, -0.05) is 23.2 Å². The van der Waals surface area contributed by atoms with E-state index in [2.05, 4.69) is 15.0 Å². The Balaban J connectivity index is 1.92. The van der Waals surface area contributed by atoms with Crippen molar-refractivity contribution in [2.75, 3.05) is 0 Å². The largest absolute Gasteiger partial charge is 0.305 e. The first-order chi connectivity index (χ1) is 10.6. The van der Waals surface area contributed by atoms with Crippen molar-refractivity contribution in [1.82, 2.24) is 19.4 Å². The molecule has 0 fully saturated rings. The third kappa shape index (κ3) is 2.21. The smallest absolute Gasteiger partial charge is 0.161 e. The first-order valence-electron chi connectivity index (χ1n) is 6.68. The van der Waals surface area contributed by atoms with Crippen LogP contribution in [0.5, 0.6) is 0 Å². The van der Waals surface area contributed by atoms with Gasteiger partial charge in [-0.2, -0.15) is 0 Å². The standard InChI is InChI=1S/C16H10Cl2N4/c1-9-7-22-8-11(5-13(18)16(22)20-9)15-19-6-10-4-12(17)2-3-14(10)21-15/h2-8H,1H3. The van der Waals surface area contributed by atoms with Gasteiger partial charge in [-0.05, 0) is 31.2 Å². The quantitative estimate of drug-likeness (QED) is 0.514. The number of imidazole rings is 1. The van der Waals surface area contributed by atoms with Crippen LogP contribution in [0.25, 0.3) is 27.9 Å². The number of nitrogens with zero attached hydrogens (tertiary/aromatic N) is 4. The van der Waals surface area contributed by atoms with E-state index in [1.807, 2.05) is 48.0 Å². The number of aryl methyl sites for hydroxylation is 1. The van der Waals surface area contributed by atoms with Crippen LogP contribution in [0.1, 0.15) is 5.69 Å². The second kappa shape index (κ2) is 4.93. The molecule has 3 heterocycles. The molecule has 0 radical (unpaired) electrons. The van der Waals surface area contributed by atoms with Crippen molar-refractivity contribution in [2.24, 2.45) is 0 Å². The number of rotatable bonds is 1. The lowest BCUT2D eigenvalue weighted by atomic mass is 10.2. The maximum absolute atomic E-state index is 6.31. The number of benzene rings is 1. The molecule has 0 amide bonds. The van der Waals surface area contributed by atoms with E-state index in [4.69, 9.17) is 23.2 Å². The molecule has 108 valence electrons. The lowest BCUT2D eigenvalue weighted by Gasteiger charge is -2.05. The first-order valence-corrected chi connectivity index (χ1v) is 7.43. The maximum Gasteiger partial charge on any atom is 0.161 e. The highest BCUT2D eigenvalue weighted by Gasteiger charge is 2.09. The Hall–Kier alpha value is -2.17. The summed E-state index contributed by atoms with van der Waals surface area (Å²) >= 11 is 12.3. The Labute approximate surface area is 136 Å². The van der Waals surface area contributed by atoms with Gasteiger partial charge in [0.05, 0.1) is 16.2 Å². The number of aromatic nitrogens is 4. The molecule has 0 saturated carbocycles. The highest BCUT2D eigenvalue weighted by atomic mass is 35.5. The zero-order valence-electron chi connectivity index (χ0n) is 11.6. The van der Waals surface area contributed by atoms with Gasteiger partial charge in [0, 0.05) is 34.6 Å². The normalized spacial score (nSPS) is 11.4. The topological polar surface area (TPSA) is 43.1 Å². The minimum absolute atomic E-state index is 0.574. The molecule has 1 aromatic carbocycles. The minimum atomic E-state index is 0.574. The van der Waals surface area contributed by atoms with Gasteiger partial charge in [0.2, 0.25) is 0 Å². The van der Waals surface area contributed by atoms with E-state index >= 15 is 0 Å². The van der Waals surface area contributed by atoms with E-state index in [1.54, 1.807) is 6.20 Å². The van der Waals surface area contributed by atoms with E-state index in [0.29, 0.717) is 15.9 Å². The average molecular weight is 329 g/mol. The van der Waals surface area contributed by atoms with Crippen LogP contribution >= 0.6 is 23.2 Å². The lowest BCUT2D eigenvalue weighted by Crippen LogP contribution is -1.93. The van der Waals surface area contributed by atoms with Crippen molar-refractivity contribution < 1.29 is 0 Å². The molecule has 0 aliphatic carbocycles. The summed E-state index contributed by atoms with van der Waals surface area (Å²) in [6.07, 6.45) is 5.62. The number of fused-ring (bicyclic) bond motifs is 2. The average Bonchev–Trinajstić information content (AvgIpc) is 2.87. The predicted molar refractivity (Wildman–Crippen MR) is 88.5 cm³/mol. The summed E-state index contributed by atoms with van der Waals surface area (Å²) in [5.41, 5.74) is 3.32. The van der Waals surface area contributed by atoms with Crippen molar-refractivity contribution in [3.05, 3.63) is 58.6 Å². The summed E-state index contributed by atoms with van der Waals surface area (Å²) in [5, 5.41) is 2.15. The second-order valence-electron chi connectivity index (χ2n) is 5.09. The minimum Gasteiger partial charge on any atom is -0.305 e. The van der Waals surface area contributed by atoms with Gasteiger partial charge in [-0.25, -0.2) is 15.0 Å². The van der Waals surface area contributed by atoms with Gasteiger partial charge in [0.1, 0.15) is 0 Å². The third-order valence-electron chi connectivity index (χ3n) is 3.43. The van der Waals surface area contributed by atoms with Gasteiger partial charge in [0.15, 0.2) is 11.5 Å². The maximum atomic E-state index is 6.31. The number of halogens is 2. The van der Waals surface area contributed by atoms with Crippen LogP contribution in [0, 0.1) is 6.92 Å². The molecule has 4 aromatic rings. The third-order valence-corrected chi connectivity index (χ3v) is 3.94. The molecule has 6 heteroatoms. The van der Waals surface area contributed by atoms with Gasteiger partial charge in [-0.3, -0.25) is 0 Å². The van der Waals surface area contributed by atoms with E-state index in [9.17, 15) is 0 Å². The number of pyridine rings is 1. The zero-order chi connectivity index (χ0) is 15.3. The van der Waals surface area contributed by atoms with Crippen LogP contribution in [0.3, 0.4) is 0 Å². The molecule has 22 heavy (non-hydrogen) atoms. The van der Waals surface area contributed by atoms with E-state index in [-0.39, 0.29) is 0 Å². The molecule has 4 nitrogen and oxygen atoms in total. The summed E-state index contributed by atoms with van der Waals surface area (Å²) in [6, 6.07) is 7.37. The van der Waals surface area contributed by atoms with Crippen LogP contribution in [-0.2, 0) is 0 Å². The fraction of sp³-hybridized carbons (Fsp3) is 0.0625. The van der Waals surface area contributed by atoms with Crippen LogP contribution in [0.4, 0.5) is 0 Å². The fourth-order valence-electron chi connectivity index (χ4n) is 2.45. The summed E-state index contributed by atoms with van der Waals surface area (Å²) in [5.74, 6) is 0.616. The van der Waals surface area contributed by atoms with Crippen molar-refractivity contribution in [3.8, 4) is 11.4 Å². The summed E-state index contributed by atoms with van der Waals surface area (Å²) < 4.78 is 1.89. The molecule has 0 aliphatic rings. The van der Waals surface area contributed by atoms with Gasteiger partial charge in [-0.15, -0.1) is 0 Å². The lowest BCUT2D eigenvalue weighted by molar-refractivity contribution is 1.16. The molecule has 0 N–H and O–H groups in total. The zero-order valence-corrected chi connectivity index (χ0v) is 13.1. The van der Waals surface area contributed by atoms with Gasteiger partial charge < -0.3 is 4.40 Å². The Morgan fingerprint density at radius 2 is 1.91 bits per heavy atom. The van der Waals surface area contributed by atoms with Crippen molar-refractivity contribution in [2.45, 2.75) is 6.92 Å². The van der Waals surface area contributed by atoms with Crippen LogP contribution in [0.15, 0.2) is 42.9 Å². The molecule has 0 aliphatic heterocycles. The Morgan fingerprint density at radius 3 is 2.77 bits per heavy atom. The van der Waals surface area contributed by atoms with Gasteiger partial charge >= 0.3 is 0 Å². The number of hydrogen-bond acceptors (Lipinski definition) is 3. The predicted octanol–water partition coefficient (Wildman–Crippen LogP) is 4.56. The first kappa shape index (κ1) is 13.5. The Bertz CT molecular complexity index is 1020. The van der Waals surface area contributed by atoms with Crippen molar-refractivity contribution in [1.29, 1.82) is 0 Å². The Morgan fingerprint density at radius 1 is 1.05 bits per heavy atom. The molecule has 4 rings (SSSR count). The van der Waals surface area contributed by atoms with Gasteiger partial charge in [0.25, 0.3) is 0 Å². The summed E-state index contributed by atoms with van der Waals surface area (Å²) in [6.45, 7) is 1.93. The van der Waals surface area contributed by atoms with Crippen LogP contribution in [0.2, 0.25) is 10.0 Å². The highest BCUT2D eigenvalue weighted by molar-refractivity contribution is 6.33. The second-order valence-corrected chi connectivity index (χ2v) is 5.93. The van der Waals surface area contributed by atoms with E-state index in [0.717, 1.165) is 27.8 Å².